The van der Waals surface area contributed by atoms with Crippen molar-refractivity contribution in [3.63, 3.8) is 0 Å². The molecule has 0 atom stereocenters. The highest BCUT2D eigenvalue weighted by atomic mass is 16.4. The molecule has 0 aliphatic carbocycles. The van der Waals surface area contributed by atoms with Crippen molar-refractivity contribution in [2.75, 3.05) is 17.6 Å². The SMILES string of the molecule is Nc1cc(C(=O)O)cnc1NCCc1ccncc1. The molecule has 0 radical (unpaired) electrons. The van der Waals surface area contributed by atoms with Gasteiger partial charge in [-0.3, -0.25) is 4.98 Å². The number of rotatable bonds is 5. The molecule has 0 bridgehead atoms. The summed E-state index contributed by atoms with van der Waals surface area (Å²) in [4.78, 5) is 18.7. The number of carboxylic acids is 1. The molecule has 4 N–H and O–H groups in total. The lowest BCUT2D eigenvalue weighted by Gasteiger charge is -2.08. The Labute approximate surface area is 110 Å². The topological polar surface area (TPSA) is 101 Å². The van der Waals surface area contributed by atoms with Crippen molar-refractivity contribution in [3.05, 3.63) is 47.9 Å². The Balaban J connectivity index is 1.95. The first-order valence-electron chi connectivity index (χ1n) is 5.78. The number of carboxylic acid groups (broad SMARTS) is 1. The van der Waals surface area contributed by atoms with Crippen molar-refractivity contribution in [2.45, 2.75) is 6.42 Å². The van der Waals surface area contributed by atoms with Crippen LogP contribution in [0.5, 0.6) is 0 Å². The third-order valence-corrected chi connectivity index (χ3v) is 2.62. The maximum atomic E-state index is 10.7. The summed E-state index contributed by atoms with van der Waals surface area (Å²) >= 11 is 0. The van der Waals surface area contributed by atoms with Crippen LogP contribution in [0.2, 0.25) is 0 Å². The minimum absolute atomic E-state index is 0.0807. The normalized spacial score (nSPS) is 10.1. The zero-order chi connectivity index (χ0) is 13.7. The number of nitrogens with two attached hydrogens (primary N) is 1. The van der Waals surface area contributed by atoms with Crippen molar-refractivity contribution in [3.8, 4) is 0 Å². The van der Waals surface area contributed by atoms with E-state index < -0.39 is 5.97 Å². The Morgan fingerprint density at radius 2 is 2.11 bits per heavy atom. The standard InChI is InChI=1S/C13H14N4O2/c14-11-7-10(13(18)19)8-17-12(11)16-6-3-9-1-4-15-5-2-9/h1-2,4-5,7-8H,3,6,14H2,(H,16,17)(H,18,19). The number of carbonyl (C=O) groups is 1. The first-order valence-corrected chi connectivity index (χ1v) is 5.78. The molecule has 6 heteroatoms. The number of nitrogen functional groups attached to an aromatic ring is 1. The molecule has 0 saturated carbocycles. The zero-order valence-electron chi connectivity index (χ0n) is 10.2. The Morgan fingerprint density at radius 3 is 2.74 bits per heavy atom. The molecule has 0 aromatic carbocycles. The van der Waals surface area contributed by atoms with Crippen LogP contribution in [0.15, 0.2) is 36.8 Å². The van der Waals surface area contributed by atoms with Crippen LogP contribution in [0.1, 0.15) is 15.9 Å². The van der Waals surface area contributed by atoms with Gasteiger partial charge in [-0.1, -0.05) is 0 Å². The van der Waals surface area contributed by atoms with Crippen molar-refractivity contribution in [1.82, 2.24) is 9.97 Å². The van der Waals surface area contributed by atoms with Gasteiger partial charge < -0.3 is 16.2 Å². The van der Waals surface area contributed by atoms with Crippen LogP contribution in [0.25, 0.3) is 0 Å². The smallest absolute Gasteiger partial charge is 0.337 e. The Hall–Kier alpha value is -2.63. The molecule has 2 rings (SSSR count). The molecule has 2 aromatic heterocycles. The van der Waals surface area contributed by atoms with Crippen molar-refractivity contribution in [2.24, 2.45) is 0 Å². The number of aromatic carboxylic acids is 1. The molecule has 2 aromatic rings. The first kappa shape index (κ1) is 12.8. The van der Waals surface area contributed by atoms with Gasteiger partial charge >= 0.3 is 5.97 Å². The van der Waals surface area contributed by atoms with E-state index in [1.165, 1.54) is 12.3 Å². The number of anilines is 2. The Morgan fingerprint density at radius 1 is 1.37 bits per heavy atom. The highest BCUT2D eigenvalue weighted by molar-refractivity contribution is 5.89. The first-order chi connectivity index (χ1) is 9.16. The monoisotopic (exact) mass is 258 g/mol. The van der Waals surface area contributed by atoms with Gasteiger partial charge in [-0.15, -0.1) is 0 Å². The number of nitrogens with zero attached hydrogens (tertiary/aromatic N) is 2. The van der Waals surface area contributed by atoms with Gasteiger partial charge in [0.05, 0.1) is 11.3 Å². The maximum absolute atomic E-state index is 10.7. The van der Waals surface area contributed by atoms with Gasteiger partial charge in [-0.2, -0.15) is 0 Å². The minimum Gasteiger partial charge on any atom is -0.478 e. The predicted octanol–water partition coefficient (Wildman–Crippen LogP) is 1.41. The van der Waals surface area contributed by atoms with Crippen molar-refractivity contribution < 1.29 is 9.90 Å². The Kier molecular flexibility index (Phi) is 3.92. The average molecular weight is 258 g/mol. The van der Waals surface area contributed by atoms with Gasteiger partial charge in [-0.25, -0.2) is 9.78 Å². The maximum Gasteiger partial charge on any atom is 0.337 e. The number of hydrogen-bond donors (Lipinski definition) is 3. The third-order valence-electron chi connectivity index (χ3n) is 2.62. The van der Waals surface area contributed by atoms with Crippen LogP contribution in [-0.2, 0) is 6.42 Å². The lowest BCUT2D eigenvalue weighted by atomic mass is 10.2. The molecule has 0 amide bonds. The number of hydrogen-bond acceptors (Lipinski definition) is 5. The van der Waals surface area contributed by atoms with E-state index in [0.717, 1.165) is 12.0 Å². The molecule has 0 saturated heterocycles. The number of aromatic nitrogens is 2. The second kappa shape index (κ2) is 5.81. The fraction of sp³-hybridized carbons (Fsp3) is 0.154. The van der Waals surface area contributed by atoms with E-state index in [0.29, 0.717) is 18.1 Å². The molecule has 0 spiro atoms. The number of pyridine rings is 2. The van der Waals surface area contributed by atoms with Crippen LogP contribution < -0.4 is 11.1 Å². The van der Waals surface area contributed by atoms with Gasteiger partial charge in [0.25, 0.3) is 0 Å². The van der Waals surface area contributed by atoms with E-state index in [1.807, 2.05) is 12.1 Å². The largest absolute Gasteiger partial charge is 0.478 e. The predicted molar refractivity (Wildman–Crippen MR) is 72.0 cm³/mol. The molecule has 0 fully saturated rings. The summed E-state index contributed by atoms with van der Waals surface area (Å²) in [5.74, 6) is -0.540. The average Bonchev–Trinajstić information content (AvgIpc) is 2.41. The second-order valence-corrected chi connectivity index (χ2v) is 4.00. The van der Waals surface area contributed by atoms with Gasteiger partial charge in [0.15, 0.2) is 0 Å². The van der Waals surface area contributed by atoms with Crippen LogP contribution in [-0.4, -0.2) is 27.6 Å². The summed E-state index contributed by atoms with van der Waals surface area (Å²) in [5, 5.41) is 11.9. The fourth-order valence-electron chi connectivity index (χ4n) is 1.62. The lowest BCUT2D eigenvalue weighted by molar-refractivity contribution is 0.0696. The molecular weight excluding hydrogens is 244 g/mol. The Bertz CT molecular complexity index is 572. The van der Waals surface area contributed by atoms with E-state index in [4.69, 9.17) is 10.8 Å². The van der Waals surface area contributed by atoms with Crippen molar-refractivity contribution in [1.29, 1.82) is 0 Å². The molecule has 0 aliphatic heterocycles. The van der Waals surface area contributed by atoms with Gasteiger partial charge in [-0.05, 0) is 30.2 Å². The summed E-state index contributed by atoms with van der Waals surface area (Å²) in [7, 11) is 0. The summed E-state index contributed by atoms with van der Waals surface area (Å²) in [6, 6.07) is 5.27. The van der Waals surface area contributed by atoms with Gasteiger partial charge in [0.1, 0.15) is 5.82 Å². The molecular formula is C13H14N4O2. The number of nitrogens with one attached hydrogen (secondary N) is 1. The quantitative estimate of drug-likeness (QED) is 0.749. The summed E-state index contributed by atoms with van der Waals surface area (Å²) in [6.07, 6.45) is 5.57. The van der Waals surface area contributed by atoms with E-state index in [2.05, 4.69) is 15.3 Å². The van der Waals surface area contributed by atoms with Gasteiger partial charge in [0.2, 0.25) is 0 Å². The van der Waals surface area contributed by atoms with Gasteiger partial charge in [0, 0.05) is 25.1 Å². The third kappa shape index (κ3) is 3.41. The molecule has 6 nitrogen and oxygen atoms in total. The zero-order valence-corrected chi connectivity index (χ0v) is 10.2. The lowest BCUT2D eigenvalue weighted by Crippen LogP contribution is -2.10. The van der Waals surface area contributed by atoms with Crippen LogP contribution >= 0.6 is 0 Å². The highest BCUT2D eigenvalue weighted by Gasteiger charge is 2.07. The van der Waals surface area contributed by atoms with E-state index in [1.54, 1.807) is 12.4 Å². The van der Waals surface area contributed by atoms with Crippen LogP contribution in [0.4, 0.5) is 11.5 Å². The molecule has 98 valence electrons. The molecule has 0 aliphatic rings. The molecule has 2 heterocycles. The van der Waals surface area contributed by atoms with E-state index >= 15 is 0 Å². The summed E-state index contributed by atoms with van der Waals surface area (Å²) < 4.78 is 0. The molecule has 19 heavy (non-hydrogen) atoms. The second-order valence-electron chi connectivity index (χ2n) is 4.00. The van der Waals surface area contributed by atoms with Crippen LogP contribution in [0, 0.1) is 0 Å². The summed E-state index contributed by atoms with van der Waals surface area (Å²) in [5.41, 5.74) is 7.31. The minimum atomic E-state index is -1.04. The highest BCUT2D eigenvalue weighted by Crippen LogP contribution is 2.16. The van der Waals surface area contributed by atoms with Crippen molar-refractivity contribution >= 4 is 17.5 Å². The molecule has 0 unspecified atom stereocenters. The fourth-order valence-corrected chi connectivity index (χ4v) is 1.62. The summed E-state index contributed by atoms with van der Waals surface area (Å²) in [6.45, 7) is 0.660. The van der Waals surface area contributed by atoms with Crippen LogP contribution in [0.3, 0.4) is 0 Å². The van der Waals surface area contributed by atoms with E-state index in [-0.39, 0.29) is 5.56 Å². The van der Waals surface area contributed by atoms with E-state index in [9.17, 15) is 4.79 Å².